The Morgan fingerprint density at radius 2 is 2.18 bits per heavy atom. The normalized spacial score (nSPS) is 10.4. The van der Waals surface area contributed by atoms with Gasteiger partial charge in [0, 0.05) is 5.56 Å². The quantitative estimate of drug-likeness (QED) is 0.463. The number of esters is 1. The Hall–Kier alpha value is -2.12. The van der Waals surface area contributed by atoms with Gasteiger partial charge >= 0.3 is 11.8 Å². The van der Waals surface area contributed by atoms with Crippen molar-refractivity contribution in [2.45, 2.75) is 13.3 Å². The molecule has 0 saturated carbocycles. The molecule has 0 unspecified atom stereocenters. The van der Waals surface area contributed by atoms with E-state index in [4.69, 9.17) is 0 Å². The van der Waals surface area contributed by atoms with Crippen LogP contribution in [0.15, 0.2) is 6.07 Å². The van der Waals surface area contributed by atoms with Gasteiger partial charge in [-0.05, 0) is 22.9 Å². The molecule has 0 aliphatic heterocycles. The number of pyridine rings is 1. The predicted molar refractivity (Wildman–Crippen MR) is 51.9 cm³/mol. The third-order valence-electron chi connectivity index (χ3n) is 2.00. The van der Waals surface area contributed by atoms with E-state index in [0.717, 1.165) is 13.2 Å². The number of aromatic nitrogens is 1. The number of rotatable bonds is 3. The van der Waals surface area contributed by atoms with Crippen LogP contribution < -0.4 is 0 Å². The van der Waals surface area contributed by atoms with E-state index < -0.39 is 34.4 Å². The molecule has 0 aliphatic carbocycles. The average Bonchev–Trinajstić information content (AvgIpc) is 2.26. The molecule has 0 aromatic carbocycles. The maximum Gasteiger partial charge on any atom is 0.383 e. The predicted octanol–water partition coefficient (Wildman–Crippen LogP) is 2.02. The number of ether oxygens (including phenoxy) is 1. The van der Waals surface area contributed by atoms with Gasteiger partial charge in [-0.25, -0.2) is 13.6 Å². The highest BCUT2D eigenvalue weighted by molar-refractivity contribution is 5.89. The molecule has 0 radical (unpaired) electrons. The summed E-state index contributed by atoms with van der Waals surface area (Å²) in [6.07, 6.45) is -2.96. The fourth-order valence-corrected chi connectivity index (χ4v) is 1.24. The van der Waals surface area contributed by atoms with Crippen LogP contribution in [-0.4, -0.2) is 23.0 Å². The third kappa shape index (κ3) is 2.52. The first-order valence-corrected chi connectivity index (χ1v) is 4.40. The van der Waals surface area contributed by atoms with Crippen molar-refractivity contribution in [3.63, 3.8) is 0 Å². The Balaban J connectivity index is 3.47. The lowest BCUT2D eigenvalue weighted by atomic mass is 10.1. The molecule has 0 spiro atoms. The zero-order valence-electron chi connectivity index (χ0n) is 8.94. The van der Waals surface area contributed by atoms with Crippen LogP contribution in [0, 0.1) is 17.0 Å². The number of nitro groups is 1. The molecule has 17 heavy (non-hydrogen) atoms. The molecule has 0 amide bonds. The molecule has 92 valence electrons. The lowest BCUT2D eigenvalue weighted by molar-refractivity contribution is -0.390. The zero-order chi connectivity index (χ0) is 13.2. The van der Waals surface area contributed by atoms with Crippen molar-refractivity contribution in [1.29, 1.82) is 0 Å². The molecule has 6 nitrogen and oxygen atoms in total. The van der Waals surface area contributed by atoms with Crippen molar-refractivity contribution < 1.29 is 23.2 Å². The van der Waals surface area contributed by atoms with Crippen LogP contribution in [0.1, 0.15) is 28.0 Å². The molecule has 0 saturated heterocycles. The smallest absolute Gasteiger partial charge is 0.383 e. The number of alkyl halides is 2. The number of aryl methyl sites for hydroxylation is 1. The minimum absolute atomic E-state index is 0.0436. The van der Waals surface area contributed by atoms with E-state index in [1.807, 2.05) is 0 Å². The SMILES string of the molecule is COC(=O)c1nc([N+](=O)[O-])c(C)cc1C(F)F. The van der Waals surface area contributed by atoms with E-state index in [1.54, 1.807) is 0 Å². The third-order valence-corrected chi connectivity index (χ3v) is 2.00. The summed E-state index contributed by atoms with van der Waals surface area (Å²) < 4.78 is 29.5. The second kappa shape index (κ2) is 4.81. The van der Waals surface area contributed by atoms with E-state index in [2.05, 4.69) is 9.72 Å². The molecule has 1 aromatic rings. The largest absolute Gasteiger partial charge is 0.463 e. The number of hydrogen-bond donors (Lipinski definition) is 0. The van der Waals surface area contributed by atoms with Crippen molar-refractivity contribution in [3.05, 3.63) is 33.0 Å². The summed E-state index contributed by atoms with van der Waals surface area (Å²) >= 11 is 0. The van der Waals surface area contributed by atoms with Crippen molar-refractivity contribution in [3.8, 4) is 0 Å². The summed E-state index contributed by atoms with van der Waals surface area (Å²) in [5.74, 6) is -1.78. The summed E-state index contributed by atoms with van der Waals surface area (Å²) in [4.78, 5) is 24.2. The van der Waals surface area contributed by atoms with Gasteiger partial charge in [-0.15, -0.1) is 0 Å². The second-order valence-corrected chi connectivity index (χ2v) is 3.12. The van der Waals surface area contributed by atoms with Crippen molar-refractivity contribution in [2.75, 3.05) is 7.11 Å². The Kier molecular flexibility index (Phi) is 3.66. The first-order chi connectivity index (χ1) is 7.88. The van der Waals surface area contributed by atoms with Crippen LogP contribution >= 0.6 is 0 Å². The van der Waals surface area contributed by atoms with E-state index >= 15 is 0 Å². The van der Waals surface area contributed by atoms with Gasteiger partial charge in [0.25, 0.3) is 12.1 Å². The molecule has 1 heterocycles. The highest BCUT2D eigenvalue weighted by atomic mass is 19.3. The van der Waals surface area contributed by atoms with Crippen LogP contribution in [0.4, 0.5) is 14.6 Å². The number of methoxy groups -OCH3 is 1. The lowest BCUT2D eigenvalue weighted by Gasteiger charge is -2.05. The molecule has 0 fully saturated rings. The number of hydrogen-bond acceptors (Lipinski definition) is 5. The van der Waals surface area contributed by atoms with Crippen molar-refractivity contribution in [1.82, 2.24) is 4.98 Å². The Labute approximate surface area is 94.4 Å². The minimum atomic E-state index is -2.96. The lowest BCUT2D eigenvalue weighted by Crippen LogP contribution is -2.11. The number of halogens is 2. The maximum absolute atomic E-state index is 12.6. The Morgan fingerprint density at radius 1 is 1.59 bits per heavy atom. The number of nitrogens with zero attached hydrogens (tertiary/aromatic N) is 2. The van der Waals surface area contributed by atoms with E-state index in [0.29, 0.717) is 0 Å². The minimum Gasteiger partial charge on any atom is -0.463 e. The summed E-state index contributed by atoms with van der Waals surface area (Å²) in [6, 6.07) is 0.863. The molecule has 0 bridgehead atoms. The number of carbonyl (C=O) groups is 1. The van der Waals surface area contributed by atoms with Gasteiger partial charge in [0.05, 0.1) is 12.7 Å². The maximum atomic E-state index is 12.6. The molecular weight excluding hydrogens is 238 g/mol. The summed E-state index contributed by atoms with van der Waals surface area (Å²) in [6.45, 7) is 1.26. The van der Waals surface area contributed by atoms with E-state index in [-0.39, 0.29) is 5.56 Å². The fourth-order valence-electron chi connectivity index (χ4n) is 1.24. The average molecular weight is 246 g/mol. The van der Waals surface area contributed by atoms with E-state index in [1.165, 1.54) is 6.92 Å². The van der Waals surface area contributed by atoms with Crippen molar-refractivity contribution in [2.24, 2.45) is 0 Å². The van der Waals surface area contributed by atoms with Gasteiger partial charge in [0.1, 0.15) is 0 Å². The fraction of sp³-hybridized carbons (Fsp3) is 0.333. The van der Waals surface area contributed by atoms with Crippen LogP contribution in [0.2, 0.25) is 0 Å². The summed E-state index contributed by atoms with van der Waals surface area (Å²) in [5, 5.41) is 10.6. The summed E-state index contributed by atoms with van der Waals surface area (Å²) in [5.41, 5.74) is -1.46. The molecular formula is C9H8F2N2O4. The Bertz CT molecular complexity index is 476. The molecule has 8 heteroatoms. The highest BCUT2D eigenvalue weighted by Gasteiger charge is 2.29. The standard InChI is InChI=1S/C9H8F2N2O4/c1-4-3-5(7(10)11)6(9(14)17-2)12-8(4)13(15)16/h3,7H,1-2H3. The van der Waals surface area contributed by atoms with Gasteiger partial charge in [0.15, 0.2) is 0 Å². The molecule has 1 rings (SSSR count). The van der Waals surface area contributed by atoms with Gasteiger partial charge in [0.2, 0.25) is 0 Å². The van der Waals surface area contributed by atoms with Crippen LogP contribution in [-0.2, 0) is 4.74 Å². The molecule has 0 atom stereocenters. The van der Waals surface area contributed by atoms with Crippen molar-refractivity contribution >= 4 is 11.8 Å². The number of carbonyl (C=O) groups excluding carboxylic acids is 1. The van der Waals surface area contributed by atoms with Gasteiger partial charge < -0.3 is 14.9 Å². The second-order valence-electron chi connectivity index (χ2n) is 3.12. The summed E-state index contributed by atoms with van der Waals surface area (Å²) in [7, 11) is 0.977. The van der Waals surface area contributed by atoms with E-state index in [9.17, 15) is 23.7 Å². The molecule has 0 N–H and O–H groups in total. The Morgan fingerprint density at radius 3 is 2.59 bits per heavy atom. The van der Waals surface area contributed by atoms with Crippen LogP contribution in [0.25, 0.3) is 0 Å². The highest BCUT2D eigenvalue weighted by Crippen LogP contribution is 2.27. The first kappa shape index (κ1) is 12.9. The zero-order valence-corrected chi connectivity index (χ0v) is 8.94. The molecule has 1 aromatic heterocycles. The van der Waals surface area contributed by atoms with Crippen LogP contribution in [0.3, 0.4) is 0 Å². The van der Waals surface area contributed by atoms with Gasteiger partial charge in [-0.2, -0.15) is 0 Å². The van der Waals surface area contributed by atoms with Gasteiger partial charge in [-0.1, -0.05) is 0 Å². The monoisotopic (exact) mass is 246 g/mol. The topological polar surface area (TPSA) is 82.3 Å². The first-order valence-electron chi connectivity index (χ1n) is 4.40. The molecule has 0 aliphatic rings. The van der Waals surface area contributed by atoms with Gasteiger partial charge in [-0.3, -0.25) is 0 Å². The van der Waals surface area contributed by atoms with Crippen LogP contribution in [0.5, 0.6) is 0 Å².